The lowest BCUT2D eigenvalue weighted by atomic mass is 9.78. The first-order chi connectivity index (χ1) is 7.86. The molecule has 1 heterocycles. The molecular weight excluding hydrogens is 196 g/mol. The Morgan fingerprint density at radius 3 is 2.56 bits per heavy atom. The topological polar surface area (TPSA) is 9.23 Å². The zero-order chi connectivity index (χ0) is 11.0. The molecule has 0 N–H and O–H groups in total. The summed E-state index contributed by atoms with van der Waals surface area (Å²) in [5, 5.41) is 0. The highest BCUT2D eigenvalue weighted by molar-refractivity contribution is 5.20. The lowest BCUT2D eigenvalue weighted by Gasteiger charge is -2.25. The number of hydrogen-bond donors (Lipinski definition) is 0. The van der Waals surface area contributed by atoms with Crippen molar-refractivity contribution in [3.05, 3.63) is 35.9 Å². The van der Waals surface area contributed by atoms with E-state index in [1.807, 2.05) is 0 Å². The summed E-state index contributed by atoms with van der Waals surface area (Å²) in [6.07, 6.45) is 6.28. The fraction of sp³-hybridized carbons (Fsp3) is 0.600. The molecule has 1 aliphatic carbocycles. The summed E-state index contributed by atoms with van der Waals surface area (Å²) in [4.78, 5) is 0. The highest BCUT2D eigenvalue weighted by Gasteiger charge is 2.42. The Morgan fingerprint density at radius 1 is 1.06 bits per heavy atom. The van der Waals surface area contributed by atoms with E-state index >= 15 is 0 Å². The van der Waals surface area contributed by atoms with Crippen LogP contribution in [0.2, 0.25) is 0 Å². The fourth-order valence-corrected chi connectivity index (χ4v) is 3.46. The molecule has 3 rings (SSSR count). The largest absolute Gasteiger partial charge is 0.370 e. The third kappa shape index (κ3) is 1.67. The number of rotatable bonds is 1. The minimum Gasteiger partial charge on any atom is -0.370 e. The Balaban J connectivity index is 1.83. The van der Waals surface area contributed by atoms with Crippen LogP contribution in [0.15, 0.2) is 30.3 Å². The Kier molecular flexibility index (Phi) is 2.72. The molecule has 1 saturated heterocycles. The predicted octanol–water partition coefficient (Wildman–Crippen LogP) is 3.95. The molecule has 1 aromatic rings. The first-order valence-electron chi connectivity index (χ1n) is 6.56. The molecule has 1 saturated carbocycles. The molecule has 0 amide bonds. The van der Waals surface area contributed by atoms with Crippen LogP contribution < -0.4 is 0 Å². The normalized spacial score (nSPS) is 38.3. The molecule has 0 spiro atoms. The van der Waals surface area contributed by atoms with Crippen LogP contribution in [0.4, 0.5) is 0 Å². The Morgan fingerprint density at radius 2 is 1.81 bits per heavy atom. The van der Waals surface area contributed by atoms with Crippen molar-refractivity contribution >= 4 is 0 Å². The summed E-state index contributed by atoms with van der Waals surface area (Å²) >= 11 is 0. The van der Waals surface area contributed by atoms with Gasteiger partial charge >= 0.3 is 0 Å². The summed E-state index contributed by atoms with van der Waals surface area (Å²) in [7, 11) is 0. The minimum absolute atomic E-state index is 0.342. The van der Waals surface area contributed by atoms with E-state index in [4.69, 9.17) is 4.74 Å². The van der Waals surface area contributed by atoms with Crippen molar-refractivity contribution in [2.45, 2.75) is 44.8 Å². The monoisotopic (exact) mass is 216 g/mol. The minimum atomic E-state index is 0.342. The van der Waals surface area contributed by atoms with Gasteiger partial charge < -0.3 is 4.74 Å². The van der Waals surface area contributed by atoms with E-state index in [0.717, 1.165) is 5.92 Å². The summed E-state index contributed by atoms with van der Waals surface area (Å²) < 4.78 is 6.26. The van der Waals surface area contributed by atoms with Gasteiger partial charge in [-0.15, -0.1) is 0 Å². The van der Waals surface area contributed by atoms with Crippen LogP contribution >= 0.6 is 0 Å². The second-order valence-electron chi connectivity index (χ2n) is 5.31. The van der Waals surface area contributed by atoms with Crippen LogP contribution in [0.25, 0.3) is 0 Å². The summed E-state index contributed by atoms with van der Waals surface area (Å²) in [5.41, 5.74) is 1.37. The number of hydrogen-bond acceptors (Lipinski definition) is 1. The van der Waals surface area contributed by atoms with Gasteiger partial charge in [-0.1, -0.05) is 50.1 Å². The number of benzene rings is 1. The van der Waals surface area contributed by atoms with Gasteiger partial charge in [-0.3, -0.25) is 0 Å². The zero-order valence-electron chi connectivity index (χ0n) is 9.93. The molecule has 4 atom stereocenters. The van der Waals surface area contributed by atoms with Crippen molar-refractivity contribution < 1.29 is 4.74 Å². The van der Waals surface area contributed by atoms with Crippen molar-refractivity contribution in [1.82, 2.24) is 0 Å². The molecule has 1 aliphatic heterocycles. The van der Waals surface area contributed by atoms with Crippen LogP contribution in [-0.2, 0) is 4.74 Å². The molecule has 1 heteroatoms. The molecule has 0 unspecified atom stereocenters. The second-order valence-corrected chi connectivity index (χ2v) is 5.31. The highest BCUT2D eigenvalue weighted by atomic mass is 16.5. The van der Waals surface area contributed by atoms with Gasteiger partial charge in [0.15, 0.2) is 0 Å². The maximum absolute atomic E-state index is 6.26. The predicted molar refractivity (Wildman–Crippen MR) is 65.2 cm³/mol. The van der Waals surface area contributed by atoms with E-state index < -0.39 is 0 Å². The fourth-order valence-electron chi connectivity index (χ4n) is 3.46. The molecule has 0 radical (unpaired) electrons. The first-order valence-corrected chi connectivity index (χ1v) is 6.56. The molecule has 2 aliphatic rings. The highest BCUT2D eigenvalue weighted by Crippen LogP contribution is 2.47. The Labute approximate surface area is 97.8 Å². The molecule has 0 aromatic heterocycles. The van der Waals surface area contributed by atoms with Crippen molar-refractivity contribution in [3.63, 3.8) is 0 Å². The average Bonchev–Trinajstić information content (AvgIpc) is 2.69. The van der Waals surface area contributed by atoms with Gasteiger partial charge in [-0.2, -0.15) is 0 Å². The van der Waals surface area contributed by atoms with Crippen LogP contribution in [0.5, 0.6) is 0 Å². The Hall–Kier alpha value is -0.820. The van der Waals surface area contributed by atoms with Gasteiger partial charge in [0.05, 0.1) is 12.2 Å². The van der Waals surface area contributed by atoms with Crippen molar-refractivity contribution in [3.8, 4) is 0 Å². The molecular formula is C15H20O. The first kappa shape index (κ1) is 10.3. The van der Waals surface area contributed by atoms with E-state index in [0.29, 0.717) is 18.1 Å². The van der Waals surface area contributed by atoms with Crippen LogP contribution in [0, 0.1) is 11.8 Å². The van der Waals surface area contributed by atoms with Crippen LogP contribution in [0.1, 0.15) is 44.3 Å². The number of fused-ring (bicyclic) bond motifs is 1. The third-order valence-corrected chi connectivity index (χ3v) is 4.36. The van der Waals surface area contributed by atoms with Gasteiger partial charge in [0, 0.05) is 0 Å². The SMILES string of the molecule is C[C@H]1[C@H]2CCCC[C@@H]2O[C@H]1c1ccccc1. The third-order valence-electron chi connectivity index (χ3n) is 4.36. The van der Waals surface area contributed by atoms with Crippen molar-refractivity contribution in [2.75, 3.05) is 0 Å². The molecule has 1 aromatic carbocycles. The Bertz CT molecular complexity index is 346. The maximum atomic E-state index is 6.26. The van der Waals surface area contributed by atoms with Crippen LogP contribution in [-0.4, -0.2) is 6.10 Å². The molecule has 1 nitrogen and oxygen atoms in total. The summed E-state index contributed by atoms with van der Waals surface area (Å²) in [6.45, 7) is 2.37. The molecule has 2 fully saturated rings. The lowest BCUT2D eigenvalue weighted by molar-refractivity contribution is 0.0155. The van der Waals surface area contributed by atoms with Crippen molar-refractivity contribution in [1.29, 1.82) is 0 Å². The van der Waals surface area contributed by atoms with E-state index in [2.05, 4.69) is 37.3 Å². The lowest BCUT2D eigenvalue weighted by Crippen LogP contribution is -2.23. The maximum Gasteiger partial charge on any atom is 0.0857 e. The zero-order valence-corrected chi connectivity index (χ0v) is 9.93. The van der Waals surface area contributed by atoms with E-state index in [-0.39, 0.29) is 0 Å². The second kappa shape index (κ2) is 4.21. The van der Waals surface area contributed by atoms with Gasteiger partial charge in [-0.05, 0) is 30.2 Å². The van der Waals surface area contributed by atoms with E-state index in [1.165, 1.54) is 31.2 Å². The van der Waals surface area contributed by atoms with Gasteiger partial charge in [-0.25, -0.2) is 0 Å². The summed E-state index contributed by atoms with van der Waals surface area (Å²) in [6, 6.07) is 10.7. The molecule has 16 heavy (non-hydrogen) atoms. The van der Waals surface area contributed by atoms with Crippen molar-refractivity contribution in [2.24, 2.45) is 11.8 Å². The average molecular weight is 216 g/mol. The quantitative estimate of drug-likeness (QED) is 0.690. The number of ether oxygens (including phenoxy) is 1. The standard InChI is InChI=1S/C15H20O/c1-11-13-9-5-6-10-14(13)16-15(11)12-7-3-2-4-8-12/h2-4,7-8,11,13-15H,5-6,9-10H2,1H3/t11-,13+,14-,15+/m0/s1. The van der Waals surface area contributed by atoms with Gasteiger partial charge in [0.2, 0.25) is 0 Å². The van der Waals surface area contributed by atoms with Crippen LogP contribution in [0.3, 0.4) is 0 Å². The molecule has 0 bridgehead atoms. The smallest absolute Gasteiger partial charge is 0.0857 e. The van der Waals surface area contributed by atoms with E-state index in [9.17, 15) is 0 Å². The summed E-state index contributed by atoms with van der Waals surface area (Å²) in [5.74, 6) is 1.49. The molecule has 86 valence electrons. The van der Waals surface area contributed by atoms with Gasteiger partial charge in [0.1, 0.15) is 0 Å². The van der Waals surface area contributed by atoms with E-state index in [1.54, 1.807) is 0 Å². The van der Waals surface area contributed by atoms with Gasteiger partial charge in [0.25, 0.3) is 0 Å².